The Kier molecular flexibility index (Phi) is 5.54. The van der Waals surface area contributed by atoms with Gasteiger partial charge in [0.2, 0.25) is 11.6 Å². The normalized spacial score (nSPS) is 19.8. The van der Waals surface area contributed by atoms with Gasteiger partial charge < -0.3 is 9.64 Å². The number of esters is 1. The lowest BCUT2D eigenvalue weighted by Gasteiger charge is -2.48. The SMILES string of the molecule is CC(C)CN1C(=O)c2ccccc2N2C(=O)CCC12C(=O)OCC(=O)c1ccc(F)cc1. The van der Waals surface area contributed by atoms with Gasteiger partial charge in [-0.3, -0.25) is 19.3 Å². The van der Waals surface area contributed by atoms with Crippen LogP contribution in [0.4, 0.5) is 10.1 Å². The Morgan fingerprint density at radius 2 is 1.78 bits per heavy atom. The molecule has 2 aliphatic rings. The largest absolute Gasteiger partial charge is 0.454 e. The van der Waals surface area contributed by atoms with Gasteiger partial charge in [-0.1, -0.05) is 26.0 Å². The van der Waals surface area contributed by atoms with E-state index in [4.69, 9.17) is 4.74 Å². The predicted molar refractivity (Wildman–Crippen MR) is 113 cm³/mol. The molecule has 4 rings (SSSR count). The van der Waals surface area contributed by atoms with Crippen LogP contribution in [0.5, 0.6) is 0 Å². The maximum atomic E-state index is 13.5. The van der Waals surface area contributed by atoms with Gasteiger partial charge >= 0.3 is 5.97 Å². The molecule has 2 heterocycles. The van der Waals surface area contributed by atoms with Gasteiger partial charge in [-0.15, -0.1) is 0 Å². The van der Waals surface area contributed by atoms with Crippen LogP contribution in [0.15, 0.2) is 48.5 Å². The first-order valence-electron chi connectivity index (χ1n) is 10.5. The number of halogens is 1. The van der Waals surface area contributed by atoms with Gasteiger partial charge in [0.25, 0.3) is 5.91 Å². The second-order valence-corrected chi connectivity index (χ2v) is 8.38. The van der Waals surface area contributed by atoms with Crippen molar-refractivity contribution in [3.05, 3.63) is 65.5 Å². The van der Waals surface area contributed by atoms with Gasteiger partial charge in [0.05, 0.1) is 11.3 Å². The number of hydrogen-bond donors (Lipinski definition) is 0. The number of Topliss-reactive ketones (excluding diaryl/α,β-unsaturated/α-hetero) is 1. The van der Waals surface area contributed by atoms with Crippen molar-refractivity contribution in [1.29, 1.82) is 0 Å². The number of nitrogens with zero attached hydrogens (tertiary/aromatic N) is 2. The Labute approximate surface area is 184 Å². The summed E-state index contributed by atoms with van der Waals surface area (Å²) in [6.45, 7) is 3.47. The Balaban J connectivity index is 1.69. The number of rotatable bonds is 6. The minimum atomic E-state index is -1.64. The van der Waals surface area contributed by atoms with E-state index in [1.807, 2.05) is 13.8 Å². The van der Waals surface area contributed by atoms with Crippen molar-refractivity contribution in [2.75, 3.05) is 18.1 Å². The molecule has 0 aliphatic carbocycles. The van der Waals surface area contributed by atoms with Gasteiger partial charge in [-0.05, 0) is 42.3 Å². The van der Waals surface area contributed by atoms with Crippen molar-refractivity contribution in [3.63, 3.8) is 0 Å². The second kappa shape index (κ2) is 8.18. The van der Waals surface area contributed by atoms with Crippen molar-refractivity contribution in [1.82, 2.24) is 4.90 Å². The Morgan fingerprint density at radius 3 is 2.47 bits per heavy atom. The van der Waals surface area contributed by atoms with E-state index in [9.17, 15) is 23.6 Å². The topological polar surface area (TPSA) is 84.0 Å². The Morgan fingerprint density at radius 1 is 1.09 bits per heavy atom. The summed E-state index contributed by atoms with van der Waals surface area (Å²) >= 11 is 0. The molecule has 0 spiro atoms. The summed E-state index contributed by atoms with van der Waals surface area (Å²) in [5, 5.41) is 0. The first-order chi connectivity index (χ1) is 15.3. The lowest BCUT2D eigenvalue weighted by Crippen LogP contribution is -2.69. The lowest BCUT2D eigenvalue weighted by molar-refractivity contribution is -0.156. The number of hydrogen-bond acceptors (Lipinski definition) is 5. The zero-order valence-electron chi connectivity index (χ0n) is 17.8. The maximum absolute atomic E-state index is 13.5. The summed E-state index contributed by atoms with van der Waals surface area (Å²) in [4.78, 5) is 54.9. The summed E-state index contributed by atoms with van der Waals surface area (Å²) in [5.41, 5.74) is -0.744. The van der Waals surface area contributed by atoms with Crippen molar-refractivity contribution < 1.29 is 28.3 Å². The quantitative estimate of drug-likeness (QED) is 0.511. The summed E-state index contributed by atoms with van der Waals surface area (Å²) in [7, 11) is 0. The monoisotopic (exact) mass is 438 g/mol. The standard InChI is InChI=1S/C24H23FN2O5/c1-15(2)13-26-22(30)18-5-3-4-6-19(18)27-21(29)11-12-24(26,27)23(31)32-14-20(28)16-7-9-17(25)10-8-16/h3-10,15H,11-14H2,1-2H3. The molecule has 2 aromatic rings. The predicted octanol–water partition coefficient (Wildman–Crippen LogP) is 3.19. The van der Waals surface area contributed by atoms with E-state index >= 15 is 0 Å². The van der Waals surface area contributed by atoms with E-state index in [-0.39, 0.29) is 42.7 Å². The number of benzene rings is 2. The summed E-state index contributed by atoms with van der Waals surface area (Å²) in [5.74, 6) is -2.46. The van der Waals surface area contributed by atoms with E-state index in [1.54, 1.807) is 24.3 Å². The molecule has 0 saturated carbocycles. The molecule has 2 aliphatic heterocycles. The van der Waals surface area contributed by atoms with E-state index in [0.29, 0.717) is 11.3 Å². The van der Waals surface area contributed by atoms with Crippen LogP contribution in [0.3, 0.4) is 0 Å². The van der Waals surface area contributed by atoms with Crippen LogP contribution >= 0.6 is 0 Å². The average Bonchev–Trinajstić information content (AvgIpc) is 3.13. The maximum Gasteiger partial charge on any atom is 0.354 e. The lowest BCUT2D eigenvalue weighted by atomic mass is 9.95. The fourth-order valence-electron chi connectivity index (χ4n) is 4.33. The highest BCUT2D eigenvalue weighted by atomic mass is 19.1. The van der Waals surface area contributed by atoms with E-state index in [2.05, 4.69) is 0 Å². The number of anilines is 1. The minimum Gasteiger partial charge on any atom is -0.454 e. The minimum absolute atomic E-state index is 0.0206. The Bertz CT molecular complexity index is 1100. The zero-order chi connectivity index (χ0) is 23.0. The highest BCUT2D eigenvalue weighted by Crippen LogP contribution is 2.45. The van der Waals surface area contributed by atoms with Crippen LogP contribution in [-0.4, -0.2) is 47.3 Å². The summed E-state index contributed by atoms with van der Waals surface area (Å²) in [6.07, 6.45) is 0.138. The first kappa shape index (κ1) is 21.7. The zero-order valence-corrected chi connectivity index (χ0v) is 17.8. The number of amides is 2. The van der Waals surface area contributed by atoms with Crippen molar-refractivity contribution in [3.8, 4) is 0 Å². The fourth-order valence-corrected chi connectivity index (χ4v) is 4.33. The molecule has 8 heteroatoms. The molecule has 166 valence electrons. The molecule has 2 amide bonds. The smallest absolute Gasteiger partial charge is 0.354 e. The van der Waals surface area contributed by atoms with Crippen LogP contribution in [0.2, 0.25) is 0 Å². The summed E-state index contributed by atoms with van der Waals surface area (Å²) in [6, 6.07) is 11.6. The highest BCUT2D eigenvalue weighted by molar-refractivity contribution is 6.15. The molecule has 2 aromatic carbocycles. The third-order valence-electron chi connectivity index (χ3n) is 5.75. The van der Waals surface area contributed by atoms with Crippen LogP contribution in [0.1, 0.15) is 47.4 Å². The molecule has 1 unspecified atom stereocenters. The molecule has 0 radical (unpaired) electrons. The fraction of sp³-hybridized carbons (Fsp3) is 0.333. The van der Waals surface area contributed by atoms with Crippen LogP contribution in [-0.2, 0) is 14.3 Å². The van der Waals surface area contributed by atoms with Gasteiger partial charge in [-0.2, -0.15) is 0 Å². The molecule has 32 heavy (non-hydrogen) atoms. The Hall–Kier alpha value is -3.55. The van der Waals surface area contributed by atoms with Gasteiger partial charge in [0.15, 0.2) is 12.4 Å². The molecular formula is C24H23FN2O5. The molecule has 0 bridgehead atoms. The molecule has 1 atom stereocenters. The number of para-hydroxylation sites is 1. The molecule has 1 fully saturated rings. The second-order valence-electron chi connectivity index (χ2n) is 8.38. The number of ether oxygens (including phenoxy) is 1. The van der Waals surface area contributed by atoms with Crippen LogP contribution < -0.4 is 4.90 Å². The third-order valence-corrected chi connectivity index (χ3v) is 5.75. The number of carbonyl (C=O) groups excluding carboxylic acids is 4. The molecule has 7 nitrogen and oxygen atoms in total. The number of carbonyl (C=O) groups is 4. The molecule has 0 N–H and O–H groups in total. The van der Waals surface area contributed by atoms with Crippen LogP contribution in [0, 0.1) is 11.7 Å². The van der Waals surface area contributed by atoms with Gasteiger partial charge in [0.1, 0.15) is 5.82 Å². The van der Waals surface area contributed by atoms with E-state index in [1.165, 1.54) is 21.9 Å². The van der Waals surface area contributed by atoms with Gasteiger partial charge in [0, 0.05) is 24.9 Å². The van der Waals surface area contributed by atoms with Crippen molar-refractivity contribution in [2.24, 2.45) is 5.92 Å². The number of ketones is 1. The van der Waals surface area contributed by atoms with Gasteiger partial charge in [-0.25, -0.2) is 9.18 Å². The summed E-state index contributed by atoms with van der Waals surface area (Å²) < 4.78 is 18.5. The molecular weight excluding hydrogens is 415 g/mol. The van der Waals surface area contributed by atoms with Crippen LogP contribution in [0.25, 0.3) is 0 Å². The highest BCUT2D eigenvalue weighted by Gasteiger charge is 2.62. The van der Waals surface area contributed by atoms with Crippen molar-refractivity contribution >= 4 is 29.3 Å². The van der Waals surface area contributed by atoms with E-state index in [0.717, 1.165) is 12.1 Å². The molecule has 1 saturated heterocycles. The third kappa shape index (κ3) is 3.45. The average molecular weight is 438 g/mol. The number of fused-ring (bicyclic) bond motifs is 3. The first-order valence-corrected chi connectivity index (χ1v) is 10.5. The van der Waals surface area contributed by atoms with Crippen molar-refractivity contribution in [2.45, 2.75) is 32.4 Å². The molecule has 0 aromatic heterocycles. The van der Waals surface area contributed by atoms with E-state index < -0.39 is 29.8 Å².